The molecule has 1 aliphatic rings. The van der Waals surface area contributed by atoms with Gasteiger partial charge in [0.15, 0.2) is 11.5 Å². The van der Waals surface area contributed by atoms with E-state index in [-0.39, 0.29) is 11.5 Å². The van der Waals surface area contributed by atoms with Crippen LogP contribution in [0.4, 0.5) is 4.39 Å². The van der Waals surface area contributed by atoms with Crippen molar-refractivity contribution < 1.29 is 18.7 Å². The van der Waals surface area contributed by atoms with E-state index in [1.54, 1.807) is 0 Å². The highest BCUT2D eigenvalue weighted by Crippen LogP contribution is 2.30. The van der Waals surface area contributed by atoms with Gasteiger partial charge in [0, 0.05) is 11.0 Å². The fourth-order valence-electron chi connectivity index (χ4n) is 2.15. The van der Waals surface area contributed by atoms with Crippen LogP contribution < -0.4 is 14.8 Å². The summed E-state index contributed by atoms with van der Waals surface area (Å²) in [6.45, 7) is 1.37. The standard InChI is InChI=1S/C16H13BrFNO3/c17-13-3-2-11(18)8-12(13)16(20)19-9-10-1-4-14-15(7-10)22-6-5-21-14/h1-4,7-8H,5-6,9H2,(H,19,20). The molecule has 0 unspecified atom stereocenters. The van der Waals surface area contributed by atoms with E-state index >= 15 is 0 Å². The summed E-state index contributed by atoms with van der Waals surface area (Å²) in [5.74, 6) is 0.577. The second-order valence-electron chi connectivity index (χ2n) is 4.78. The van der Waals surface area contributed by atoms with Gasteiger partial charge >= 0.3 is 0 Å². The number of rotatable bonds is 3. The van der Waals surface area contributed by atoms with Crippen LogP contribution in [0.25, 0.3) is 0 Å². The van der Waals surface area contributed by atoms with Crippen molar-refractivity contribution in [3.8, 4) is 11.5 Å². The fourth-order valence-corrected chi connectivity index (χ4v) is 2.57. The van der Waals surface area contributed by atoms with Gasteiger partial charge in [0.2, 0.25) is 0 Å². The van der Waals surface area contributed by atoms with Crippen LogP contribution in [0.3, 0.4) is 0 Å². The van der Waals surface area contributed by atoms with Gasteiger partial charge in [-0.1, -0.05) is 6.07 Å². The van der Waals surface area contributed by atoms with E-state index in [4.69, 9.17) is 9.47 Å². The summed E-state index contributed by atoms with van der Waals surface area (Å²) in [6.07, 6.45) is 0. The highest BCUT2D eigenvalue weighted by atomic mass is 79.9. The summed E-state index contributed by atoms with van der Waals surface area (Å²) < 4.78 is 24.7. The maximum atomic E-state index is 13.2. The van der Waals surface area contributed by atoms with Crippen molar-refractivity contribution >= 4 is 21.8 Å². The lowest BCUT2D eigenvalue weighted by molar-refractivity contribution is 0.0949. The molecule has 0 fully saturated rings. The number of halogens is 2. The Morgan fingerprint density at radius 2 is 1.91 bits per heavy atom. The highest BCUT2D eigenvalue weighted by Gasteiger charge is 2.14. The molecule has 2 aromatic carbocycles. The number of amides is 1. The van der Waals surface area contributed by atoms with Gasteiger partial charge in [-0.3, -0.25) is 4.79 Å². The Balaban J connectivity index is 1.69. The fraction of sp³-hybridized carbons (Fsp3) is 0.188. The Bertz CT molecular complexity index is 721. The van der Waals surface area contributed by atoms with Gasteiger partial charge in [0.25, 0.3) is 5.91 Å². The third kappa shape index (κ3) is 3.22. The minimum absolute atomic E-state index is 0.262. The molecule has 1 N–H and O–H groups in total. The van der Waals surface area contributed by atoms with Gasteiger partial charge in [-0.2, -0.15) is 0 Å². The first-order chi connectivity index (χ1) is 10.6. The van der Waals surface area contributed by atoms with Crippen LogP contribution in [0.15, 0.2) is 40.9 Å². The number of hydrogen-bond acceptors (Lipinski definition) is 3. The third-order valence-corrected chi connectivity index (χ3v) is 3.92. The molecule has 0 saturated carbocycles. The van der Waals surface area contributed by atoms with Gasteiger partial charge < -0.3 is 14.8 Å². The van der Waals surface area contributed by atoms with Gasteiger partial charge in [-0.15, -0.1) is 0 Å². The number of nitrogens with one attached hydrogen (secondary N) is 1. The van der Waals surface area contributed by atoms with Crippen molar-refractivity contribution in [2.75, 3.05) is 13.2 Å². The van der Waals surface area contributed by atoms with E-state index in [1.807, 2.05) is 18.2 Å². The molecule has 4 nitrogen and oxygen atoms in total. The molecule has 0 bridgehead atoms. The smallest absolute Gasteiger partial charge is 0.252 e. The Morgan fingerprint density at radius 1 is 1.14 bits per heavy atom. The lowest BCUT2D eigenvalue weighted by Crippen LogP contribution is -2.23. The van der Waals surface area contributed by atoms with Crippen molar-refractivity contribution in [3.63, 3.8) is 0 Å². The van der Waals surface area contributed by atoms with Gasteiger partial charge in [-0.25, -0.2) is 4.39 Å². The number of benzene rings is 2. The third-order valence-electron chi connectivity index (χ3n) is 3.23. The molecule has 0 aliphatic carbocycles. The molecule has 0 saturated heterocycles. The van der Waals surface area contributed by atoms with Crippen LogP contribution in [0.2, 0.25) is 0 Å². The maximum absolute atomic E-state index is 13.2. The van der Waals surface area contributed by atoms with Crippen LogP contribution in [0.1, 0.15) is 15.9 Å². The molecular formula is C16H13BrFNO3. The molecule has 0 atom stereocenters. The zero-order valence-corrected chi connectivity index (χ0v) is 13.2. The number of carbonyl (C=O) groups is 1. The second kappa shape index (κ2) is 6.36. The molecule has 1 heterocycles. The topological polar surface area (TPSA) is 47.6 Å². The van der Waals surface area contributed by atoms with E-state index in [1.165, 1.54) is 18.2 Å². The first-order valence-corrected chi connectivity index (χ1v) is 7.54. The van der Waals surface area contributed by atoms with Crippen LogP contribution in [-0.4, -0.2) is 19.1 Å². The van der Waals surface area contributed by atoms with E-state index in [2.05, 4.69) is 21.2 Å². The normalized spacial score (nSPS) is 12.8. The predicted molar refractivity (Wildman–Crippen MR) is 82.7 cm³/mol. The monoisotopic (exact) mass is 365 g/mol. The summed E-state index contributed by atoms with van der Waals surface area (Å²) in [5.41, 5.74) is 1.14. The van der Waals surface area contributed by atoms with Crippen molar-refractivity contribution in [2.45, 2.75) is 6.54 Å². The average Bonchev–Trinajstić information content (AvgIpc) is 2.54. The molecular weight excluding hydrogens is 353 g/mol. The largest absolute Gasteiger partial charge is 0.486 e. The number of hydrogen-bond donors (Lipinski definition) is 1. The Hall–Kier alpha value is -2.08. The van der Waals surface area contributed by atoms with Gasteiger partial charge in [-0.05, 0) is 51.8 Å². The average molecular weight is 366 g/mol. The molecule has 0 radical (unpaired) electrons. The zero-order valence-electron chi connectivity index (χ0n) is 11.6. The highest BCUT2D eigenvalue weighted by molar-refractivity contribution is 9.10. The van der Waals surface area contributed by atoms with Gasteiger partial charge in [0.1, 0.15) is 19.0 Å². The first kappa shape index (κ1) is 14.8. The van der Waals surface area contributed by atoms with E-state index in [9.17, 15) is 9.18 Å². The minimum Gasteiger partial charge on any atom is -0.486 e. The quantitative estimate of drug-likeness (QED) is 0.907. The number of fused-ring (bicyclic) bond motifs is 1. The summed E-state index contributed by atoms with van der Waals surface area (Å²) in [5, 5.41) is 2.76. The van der Waals surface area contributed by atoms with Crippen molar-refractivity contribution in [2.24, 2.45) is 0 Å². The SMILES string of the molecule is O=C(NCc1ccc2c(c1)OCCO2)c1cc(F)ccc1Br. The molecule has 1 aliphatic heterocycles. The summed E-state index contributed by atoms with van der Waals surface area (Å²) >= 11 is 3.24. The van der Waals surface area contributed by atoms with Crippen molar-refractivity contribution in [1.82, 2.24) is 5.32 Å². The second-order valence-corrected chi connectivity index (χ2v) is 5.64. The lowest BCUT2D eigenvalue weighted by Gasteiger charge is -2.19. The Kier molecular flexibility index (Phi) is 4.29. The number of carbonyl (C=O) groups excluding carboxylic acids is 1. The van der Waals surface area contributed by atoms with Crippen molar-refractivity contribution in [1.29, 1.82) is 0 Å². The zero-order chi connectivity index (χ0) is 15.5. The number of ether oxygens (including phenoxy) is 2. The van der Waals surface area contributed by atoms with Crippen molar-refractivity contribution in [3.05, 3.63) is 57.8 Å². The predicted octanol–water partition coefficient (Wildman–Crippen LogP) is 3.29. The summed E-state index contributed by atoms with van der Waals surface area (Å²) in [6, 6.07) is 9.50. The molecule has 6 heteroatoms. The summed E-state index contributed by atoms with van der Waals surface area (Å²) in [4.78, 5) is 12.1. The molecule has 1 amide bonds. The van der Waals surface area contributed by atoms with E-state index in [0.29, 0.717) is 35.7 Å². The van der Waals surface area contributed by atoms with Crippen LogP contribution in [-0.2, 0) is 6.54 Å². The minimum atomic E-state index is -0.451. The molecule has 0 spiro atoms. The van der Waals surface area contributed by atoms with Crippen LogP contribution in [0, 0.1) is 5.82 Å². The Morgan fingerprint density at radius 3 is 2.73 bits per heavy atom. The maximum Gasteiger partial charge on any atom is 0.252 e. The molecule has 22 heavy (non-hydrogen) atoms. The van der Waals surface area contributed by atoms with Crippen LogP contribution in [0.5, 0.6) is 11.5 Å². The molecule has 114 valence electrons. The molecule has 3 rings (SSSR count). The molecule has 0 aromatic heterocycles. The first-order valence-electron chi connectivity index (χ1n) is 6.75. The van der Waals surface area contributed by atoms with E-state index in [0.717, 1.165) is 5.56 Å². The van der Waals surface area contributed by atoms with Crippen LogP contribution >= 0.6 is 15.9 Å². The van der Waals surface area contributed by atoms with E-state index < -0.39 is 5.82 Å². The van der Waals surface area contributed by atoms with Gasteiger partial charge in [0.05, 0.1) is 5.56 Å². The molecule has 2 aromatic rings. The summed E-state index contributed by atoms with van der Waals surface area (Å²) in [7, 11) is 0. The Labute approximate surface area is 135 Å². The lowest BCUT2D eigenvalue weighted by atomic mass is 10.1.